The first kappa shape index (κ1) is 19.5. The summed E-state index contributed by atoms with van der Waals surface area (Å²) in [6.45, 7) is -0.355. The predicted molar refractivity (Wildman–Crippen MR) is 39.8 cm³/mol. The second kappa shape index (κ2) is 12.9. The van der Waals surface area contributed by atoms with Crippen molar-refractivity contribution < 1.29 is 120 Å². The monoisotopic (exact) mass is 247 g/mol. The van der Waals surface area contributed by atoms with Crippen LogP contribution >= 0.6 is 22.5 Å². The molecule has 0 aromatic rings. The largest absolute Gasteiger partial charge is 1.00 e. The Morgan fingerprint density at radius 3 is 2.27 bits per heavy atom. The zero-order chi connectivity index (χ0) is 7.28. The van der Waals surface area contributed by atoms with Crippen LogP contribution in [0.25, 0.3) is 0 Å². The molecular weight excluding hydrogens is 240 g/mol. The predicted octanol–water partition coefficient (Wildman–Crippen LogP) is -5.41. The van der Waals surface area contributed by atoms with Crippen molar-refractivity contribution in [3.8, 4) is 0 Å². The fourth-order valence-corrected chi connectivity index (χ4v) is 0.510. The quantitative estimate of drug-likeness (QED) is 0.259. The van der Waals surface area contributed by atoms with E-state index in [0.29, 0.717) is 10.8 Å². The molecule has 0 aromatic carbocycles. The van der Waals surface area contributed by atoms with E-state index < -0.39 is 11.2 Å². The summed E-state index contributed by atoms with van der Waals surface area (Å²) in [5.74, 6) is -1.06. The van der Waals surface area contributed by atoms with Crippen molar-refractivity contribution in [2.75, 3.05) is 6.54 Å². The number of rotatable bonds is 2. The van der Waals surface area contributed by atoms with Gasteiger partial charge >= 0.3 is 109 Å². The molecule has 0 radical (unpaired) electrons. The molecule has 0 unspecified atom stereocenters. The standard InChI is InChI=1S/C3H5NO3S2.2K.2H/c5-2(6)1-4-3(7)9-8;;;;/h8H,1H2,(H,4,7)(H,5,6);;;;/q;2*+1;2*-1. The molecule has 0 aromatic heterocycles. The topological polar surface area (TPSA) is 66.4 Å². The zero-order valence-corrected chi connectivity index (χ0v) is 14.3. The third-order valence-electron chi connectivity index (χ3n) is 0.467. The van der Waals surface area contributed by atoms with Gasteiger partial charge in [-0.2, -0.15) is 0 Å². The van der Waals surface area contributed by atoms with E-state index in [1.54, 1.807) is 0 Å². The van der Waals surface area contributed by atoms with Crippen molar-refractivity contribution in [1.82, 2.24) is 5.32 Å². The third kappa shape index (κ3) is 15.6. The maximum Gasteiger partial charge on any atom is 1.00 e. The Bertz CT molecular complexity index is 142. The Hall–Kier alpha value is 2.91. The summed E-state index contributed by atoms with van der Waals surface area (Å²) in [7, 11) is 0.648. The average molecular weight is 247 g/mol. The normalized spacial score (nSPS) is 7.00. The van der Waals surface area contributed by atoms with E-state index in [1.165, 1.54) is 0 Å². The maximum atomic E-state index is 10.2. The molecule has 11 heavy (non-hydrogen) atoms. The first-order chi connectivity index (χ1) is 4.16. The molecule has 1 amide bonds. The van der Waals surface area contributed by atoms with Crippen molar-refractivity contribution in [3.05, 3.63) is 0 Å². The zero-order valence-electron chi connectivity index (χ0n) is 8.33. The van der Waals surface area contributed by atoms with Crippen molar-refractivity contribution in [3.63, 3.8) is 0 Å². The number of thiol groups is 1. The number of carbonyl (C=O) groups excluding carboxylic acids is 1. The van der Waals surface area contributed by atoms with E-state index >= 15 is 0 Å². The van der Waals surface area contributed by atoms with Gasteiger partial charge in [0.15, 0.2) is 0 Å². The Labute approximate surface area is 162 Å². The number of carboxylic acids is 1. The number of aliphatic carboxylic acids is 1. The second-order valence-corrected chi connectivity index (χ2v) is 2.23. The molecule has 8 heteroatoms. The van der Waals surface area contributed by atoms with E-state index in [9.17, 15) is 9.59 Å². The summed E-state index contributed by atoms with van der Waals surface area (Å²) in [5, 5.41) is 9.63. The number of carboxylic acid groups (broad SMARTS) is 1. The van der Waals surface area contributed by atoms with E-state index in [-0.39, 0.29) is 112 Å². The van der Waals surface area contributed by atoms with Crippen molar-refractivity contribution >= 4 is 33.7 Å². The Balaban J connectivity index is -0.0000000533. The van der Waals surface area contributed by atoms with Gasteiger partial charge < -0.3 is 13.3 Å². The Kier molecular flexibility index (Phi) is 22.9. The van der Waals surface area contributed by atoms with Crippen LogP contribution in [0, 0.1) is 0 Å². The van der Waals surface area contributed by atoms with E-state index in [2.05, 4.69) is 17.0 Å². The number of carbonyl (C=O) groups is 2. The van der Waals surface area contributed by atoms with Gasteiger partial charge in [0.25, 0.3) is 5.24 Å². The molecule has 56 valence electrons. The molecule has 0 aliphatic rings. The average Bonchev–Trinajstić information content (AvgIpc) is 1.83. The van der Waals surface area contributed by atoms with Crippen molar-refractivity contribution in [2.24, 2.45) is 0 Å². The van der Waals surface area contributed by atoms with Crippen LogP contribution in [-0.2, 0) is 4.79 Å². The molecule has 0 aliphatic carbocycles. The van der Waals surface area contributed by atoms with E-state index in [0.717, 1.165) is 0 Å². The minimum absolute atomic E-state index is 0. The molecule has 0 bridgehead atoms. The number of hydrogen-bond donors (Lipinski definition) is 3. The molecule has 2 N–H and O–H groups in total. The first-order valence-corrected chi connectivity index (χ1v) is 3.84. The van der Waals surface area contributed by atoms with Gasteiger partial charge in [-0.3, -0.25) is 9.59 Å². The number of hydrogen-bond acceptors (Lipinski definition) is 4. The van der Waals surface area contributed by atoms with Gasteiger partial charge in [0.2, 0.25) is 0 Å². The van der Waals surface area contributed by atoms with Crippen LogP contribution in [0.3, 0.4) is 0 Å². The van der Waals surface area contributed by atoms with Crippen LogP contribution < -0.4 is 108 Å². The van der Waals surface area contributed by atoms with Gasteiger partial charge in [-0.25, -0.2) is 0 Å². The van der Waals surface area contributed by atoms with Crippen molar-refractivity contribution in [1.29, 1.82) is 0 Å². The van der Waals surface area contributed by atoms with E-state index in [1.807, 2.05) is 0 Å². The summed E-state index contributed by atoms with van der Waals surface area (Å²) in [6.07, 6.45) is 0. The molecule has 0 saturated carbocycles. The molecule has 0 saturated heterocycles. The summed E-state index contributed by atoms with van der Waals surface area (Å²) in [4.78, 5) is 20.0. The minimum atomic E-state index is -1.06. The fraction of sp³-hybridized carbons (Fsp3) is 0.333. The molecule has 0 fully saturated rings. The van der Waals surface area contributed by atoms with Gasteiger partial charge in [0.05, 0.1) is 0 Å². The SMILES string of the molecule is O=C(O)CNC(=O)SS.[H-].[H-].[K+].[K+]. The van der Waals surface area contributed by atoms with Crippen LogP contribution in [0.1, 0.15) is 2.85 Å². The van der Waals surface area contributed by atoms with Gasteiger partial charge in [0.1, 0.15) is 6.54 Å². The first-order valence-electron chi connectivity index (χ1n) is 1.98. The van der Waals surface area contributed by atoms with Gasteiger partial charge in [-0.05, 0) is 0 Å². The van der Waals surface area contributed by atoms with Crippen LogP contribution in [0.2, 0.25) is 0 Å². The molecule has 0 rings (SSSR count). The molecule has 4 nitrogen and oxygen atoms in total. The summed E-state index contributed by atoms with van der Waals surface area (Å²) < 4.78 is 0. The van der Waals surface area contributed by atoms with Gasteiger partial charge in [-0.1, -0.05) is 0 Å². The molecule has 0 atom stereocenters. The van der Waals surface area contributed by atoms with Gasteiger partial charge in [0, 0.05) is 10.8 Å². The summed E-state index contributed by atoms with van der Waals surface area (Å²) >= 11 is 3.53. The van der Waals surface area contributed by atoms with Crippen LogP contribution in [-0.4, -0.2) is 22.9 Å². The van der Waals surface area contributed by atoms with Crippen molar-refractivity contribution in [2.45, 2.75) is 0 Å². The van der Waals surface area contributed by atoms with Crippen LogP contribution in [0.5, 0.6) is 0 Å². The second-order valence-electron chi connectivity index (χ2n) is 1.13. The molecule has 0 aliphatic heterocycles. The molecule has 0 heterocycles. The minimum Gasteiger partial charge on any atom is -1.00 e. The summed E-state index contributed by atoms with van der Waals surface area (Å²) in [5.41, 5.74) is 0. The van der Waals surface area contributed by atoms with Crippen LogP contribution in [0.4, 0.5) is 4.79 Å². The maximum absolute atomic E-state index is 10.2. The fourth-order valence-electron chi connectivity index (χ4n) is 0.180. The Morgan fingerprint density at radius 2 is 2.00 bits per heavy atom. The Morgan fingerprint density at radius 1 is 1.55 bits per heavy atom. The third-order valence-corrected chi connectivity index (χ3v) is 1.27. The number of amides is 1. The van der Waals surface area contributed by atoms with E-state index in [4.69, 9.17) is 5.11 Å². The van der Waals surface area contributed by atoms with Gasteiger partial charge in [-0.15, -0.1) is 11.7 Å². The molecular formula is C3H7K2NO3S2. The summed E-state index contributed by atoms with van der Waals surface area (Å²) in [6, 6.07) is 0. The molecule has 0 spiro atoms. The number of nitrogens with one attached hydrogen (secondary N) is 1. The smallest absolute Gasteiger partial charge is 1.00 e. The van der Waals surface area contributed by atoms with Crippen LogP contribution in [0.15, 0.2) is 0 Å².